The monoisotopic (exact) mass is 193 g/mol. The highest BCUT2D eigenvalue weighted by molar-refractivity contribution is 7.99. The van der Waals surface area contributed by atoms with Crippen LogP contribution in [-0.4, -0.2) is 41.9 Å². The summed E-state index contributed by atoms with van der Waals surface area (Å²) in [6.45, 7) is 5.84. The Balaban J connectivity index is 2.27. The molecule has 0 N–H and O–H groups in total. The quantitative estimate of drug-likeness (QED) is 0.617. The molecule has 3 heteroatoms. The molecule has 0 radical (unpaired) electrons. The van der Waals surface area contributed by atoms with E-state index < -0.39 is 0 Å². The molecule has 0 spiro atoms. The molecule has 1 unspecified atom stereocenters. The van der Waals surface area contributed by atoms with Crippen LogP contribution in [0, 0.1) is 5.92 Å². The minimum absolute atomic E-state index is 0.775. The first-order valence-corrected chi connectivity index (χ1v) is 5.88. The second-order valence-electron chi connectivity index (χ2n) is 3.17. The predicted octanol–water partition coefficient (Wildman–Crippen LogP) is 1.91. The Labute approximate surface area is 78.5 Å². The van der Waals surface area contributed by atoms with Gasteiger partial charge in [-0.3, -0.25) is 0 Å². The van der Waals surface area contributed by atoms with Crippen molar-refractivity contribution in [2.24, 2.45) is 5.92 Å². The lowest BCUT2D eigenvalue weighted by molar-refractivity contribution is 0.280. The number of nitrogens with zero attached hydrogens (tertiary/aromatic N) is 1. The van der Waals surface area contributed by atoms with Gasteiger partial charge in [0.1, 0.15) is 0 Å². The van der Waals surface area contributed by atoms with E-state index in [-0.39, 0.29) is 0 Å². The van der Waals surface area contributed by atoms with Gasteiger partial charge < -0.3 is 4.90 Å². The van der Waals surface area contributed by atoms with Crippen molar-refractivity contribution in [1.29, 1.82) is 0 Å². The molecule has 1 atom stereocenters. The number of hydrogen-bond acceptors (Lipinski definition) is 2. The van der Waals surface area contributed by atoms with Gasteiger partial charge in [-0.25, -0.2) is 0 Å². The highest BCUT2D eigenvalue weighted by Gasteiger charge is 2.13. The second-order valence-corrected chi connectivity index (χ2v) is 4.70. The van der Waals surface area contributed by atoms with Gasteiger partial charge in [0, 0.05) is 31.3 Å². The van der Waals surface area contributed by atoms with Gasteiger partial charge in [-0.15, -0.1) is 11.6 Å². The van der Waals surface area contributed by atoms with Crippen molar-refractivity contribution in [3.05, 3.63) is 0 Å². The average Bonchev–Trinajstić information content (AvgIpc) is 2.15. The smallest absolute Gasteiger partial charge is 0.0351 e. The largest absolute Gasteiger partial charge is 0.301 e. The predicted molar refractivity (Wildman–Crippen MR) is 53.6 cm³/mol. The minimum Gasteiger partial charge on any atom is -0.301 e. The summed E-state index contributed by atoms with van der Waals surface area (Å²) in [5.41, 5.74) is 0. The summed E-state index contributed by atoms with van der Waals surface area (Å²) >= 11 is 7.76. The van der Waals surface area contributed by atoms with Gasteiger partial charge in [0.05, 0.1) is 0 Å². The average molecular weight is 194 g/mol. The van der Waals surface area contributed by atoms with E-state index in [4.69, 9.17) is 11.6 Å². The van der Waals surface area contributed by atoms with Gasteiger partial charge >= 0.3 is 0 Å². The lowest BCUT2D eigenvalue weighted by Gasteiger charge is -2.20. The fourth-order valence-corrected chi connectivity index (χ4v) is 2.69. The molecule has 0 aromatic heterocycles. The molecule has 0 aromatic carbocycles. The van der Waals surface area contributed by atoms with Crippen molar-refractivity contribution in [3.8, 4) is 0 Å². The minimum atomic E-state index is 0.775. The third-order valence-corrected chi connectivity index (χ3v) is 3.37. The lowest BCUT2D eigenvalue weighted by Crippen LogP contribution is -2.30. The van der Waals surface area contributed by atoms with Crippen LogP contribution in [0.5, 0.6) is 0 Å². The van der Waals surface area contributed by atoms with Crippen LogP contribution in [0.1, 0.15) is 6.92 Å². The summed E-state index contributed by atoms with van der Waals surface area (Å²) in [6, 6.07) is 0. The van der Waals surface area contributed by atoms with Crippen LogP contribution in [0.2, 0.25) is 0 Å². The SMILES string of the molecule is CC1CSCCN(CCCl)C1. The van der Waals surface area contributed by atoms with Gasteiger partial charge in [-0.1, -0.05) is 6.92 Å². The summed E-state index contributed by atoms with van der Waals surface area (Å²) in [5.74, 6) is 4.21. The molecular weight excluding hydrogens is 178 g/mol. The molecule has 1 aliphatic rings. The van der Waals surface area contributed by atoms with Crippen molar-refractivity contribution in [3.63, 3.8) is 0 Å². The van der Waals surface area contributed by atoms with Crippen molar-refractivity contribution < 1.29 is 0 Å². The van der Waals surface area contributed by atoms with Gasteiger partial charge in [-0.2, -0.15) is 11.8 Å². The van der Waals surface area contributed by atoms with Gasteiger partial charge in [0.15, 0.2) is 0 Å². The zero-order valence-corrected chi connectivity index (χ0v) is 8.63. The Kier molecular flexibility index (Phi) is 4.65. The molecule has 1 heterocycles. The maximum atomic E-state index is 5.69. The van der Waals surface area contributed by atoms with E-state index in [1.54, 1.807) is 0 Å². The number of halogens is 1. The molecule has 0 saturated carbocycles. The van der Waals surface area contributed by atoms with Crippen molar-refractivity contribution in [2.45, 2.75) is 6.92 Å². The van der Waals surface area contributed by atoms with Gasteiger partial charge in [0.2, 0.25) is 0 Å². The van der Waals surface area contributed by atoms with Crippen LogP contribution in [-0.2, 0) is 0 Å². The summed E-state index contributed by atoms with van der Waals surface area (Å²) in [5, 5.41) is 0. The van der Waals surface area contributed by atoms with Crippen LogP contribution in [0.3, 0.4) is 0 Å². The molecule has 0 aliphatic carbocycles. The van der Waals surface area contributed by atoms with Crippen molar-refractivity contribution in [2.75, 3.05) is 37.0 Å². The van der Waals surface area contributed by atoms with Crippen molar-refractivity contribution in [1.82, 2.24) is 4.90 Å². The second kappa shape index (κ2) is 5.28. The van der Waals surface area contributed by atoms with E-state index in [0.29, 0.717) is 0 Å². The number of hydrogen-bond donors (Lipinski definition) is 0. The summed E-state index contributed by atoms with van der Waals surface area (Å²) < 4.78 is 0. The van der Waals surface area contributed by atoms with Crippen LogP contribution >= 0.6 is 23.4 Å². The summed E-state index contributed by atoms with van der Waals surface area (Å²) in [6.07, 6.45) is 0. The normalized spacial score (nSPS) is 28.4. The molecule has 1 saturated heterocycles. The maximum absolute atomic E-state index is 5.69. The Bertz CT molecular complexity index is 110. The molecule has 1 rings (SSSR count). The molecular formula is C8H16ClNS. The fraction of sp³-hybridized carbons (Fsp3) is 1.00. The topological polar surface area (TPSA) is 3.24 Å². The van der Waals surface area contributed by atoms with Crippen LogP contribution < -0.4 is 0 Å². The Morgan fingerprint density at radius 3 is 3.18 bits per heavy atom. The Hall–Kier alpha value is 0.600. The first-order chi connectivity index (χ1) is 5.33. The highest BCUT2D eigenvalue weighted by Crippen LogP contribution is 2.14. The molecule has 1 nitrogen and oxygen atoms in total. The summed E-state index contributed by atoms with van der Waals surface area (Å²) in [7, 11) is 0. The lowest BCUT2D eigenvalue weighted by atomic mass is 10.2. The van der Waals surface area contributed by atoms with E-state index >= 15 is 0 Å². The Morgan fingerprint density at radius 1 is 1.64 bits per heavy atom. The maximum Gasteiger partial charge on any atom is 0.0351 e. The first kappa shape index (κ1) is 9.69. The molecule has 1 aliphatic heterocycles. The van der Waals surface area contributed by atoms with E-state index in [0.717, 1.165) is 18.3 Å². The zero-order chi connectivity index (χ0) is 8.10. The van der Waals surface area contributed by atoms with Crippen LogP contribution in [0.4, 0.5) is 0 Å². The fourth-order valence-electron chi connectivity index (χ4n) is 1.39. The molecule has 0 bridgehead atoms. The number of rotatable bonds is 2. The molecule has 0 aromatic rings. The van der Waals surface area contributed by atoms with E-state index in [9.17, 15) is 0 Å². The standard InChI is InChI=1S/C8H16ClNS/c1-8-6-10(3-2-9)4-5-11-7-8/h8H,2-7H2,1H3. The van der Waals surface area contributed by atoms with Crippen LogP contribution in [0.25, 0.3) is 0 Å². The van der Waals surface area contributed by atoms with E-state index in [1.807, 2.05) is 0 Å². The number of alkyl halides is 1. The summed E-state index contributed by atoms with van der Waals surface area (Å²) in [4.78, 5) is 2.47. The third kappa shape index (κ3) is 3.68. The van der Waals surface area contributed by atoms with Gasteiger partial charge in [-0.05, 0) is 11.7 Å². The molecule has 0 amide bonds. The first-order valence-electron chi connectivity index (χ1n) is 4.19. The molecule has 66 valence electrons. The Morgan fingerprint density at radius 2 is 2.45 bits per heavy atom. The van der Waals surface area contributed by atoms with Crippen LogP contribution in [0.15, 0.2) is 0 Å². The zero-order valence-electron chi connectivity index (χ0n) is 7.05. The third-order valence-electron chi connectivity index (χ3n) is 1.92. The number of thioether (sulfide) groups is 1. The van der Waals surface area contributed by atoms with E-state index in [1.165, 1.54) is 24.6 Å². The molecule has 11 heavy (non-hydrogen) atoms. The highest BCUT2D eigenvalue weighted by atomic mass is 35.5. The van der Waals surface area contributed by atoms with Crippen molar-refractivity contribution >= 4 is 23.4 Å². The van der Waals surface area contributed by atoms with E-state index in [2.05, 4.69) is 23.6 Å². The van der Waals surface area contributed by atoms with Gasteiger partial charge in [0.25, 0.3) is 0 Å². The molecule has 1 fully saturated rings.